The van der Waals surface area contributed by atoms with E-state index in [9.17, 15) is 15.3 Å². The second-order valence-electron chi connectivity index (χ2n) is 5.04. The van der Waals surface area contributed by atoms with Gasteiger partial charge in [-0.3, -0.25) is 10.7 Å². The lowest BCUT2D eigenvalue weighted by molar-refractivity contribution is -0.100. The van der Waals surface area contributed by atoms with Gasteiger partial charge in [0.15, 0.2) is 17.7 Å². The summed E-state index contributed by atoms with van der Waals surface area (Å²) in [6, 6.07) is 0. The summed E-state index contributed by atoms with van der Waals surface area (Å²) < 4.78 is 6.75. The van der Waals surface area contributed by atoms with Crippen molar-refractivity contribution in [2.45, 2.75) is 31.0 Å². The number of ether oxygens (including phenoxy) is 1. The molecule has 0 amide bonds. The van der Waals surface area contributed by atoms with Gasteiger partial charge in [0.2, 0.25) is 0 Å². The van der Waals surface area contributed by atoms with Crippen LogP contribution in [0.4, 0.5) is 5.82 Å². The lowest BCUT2D eigenvalue weighted by Gasteiger charge is -2.26. The van der Waals surface area contributed by atoms with Crippen molar-refractivity contribution in [3.63, 3.8) is 0 Å². The number of hydrogen-bond donors (Lipinski definition) is 5. The van der Waals surface area contributed by atoms with Crippen molar-refractivity contribution in [2.24, 2.45) is 0 Å². The molecule has 1 saturated heterocycles. The van der Waals surface area contributed by atoms with E-state index in [1.807, 2.05) is 5.48 Å². The molecule has 1 aliphatic rings. The van der Waals surface area contributed by atoms with E-state index in [4.69, 9.17) is 9.94 Å². The lowest BCUT2D eigenvalue weighted by atomic mass is 9.97. The molecule has 10 heteroatoms. The van der Waals surface area contributed by atoms with Gasteiger partial charge < -0.3 is 20.1 Å². The van der Waals surface area contributed by atoms with Gasteiger partial charge in [0.25, 0.3) is 0 Å². The van der Waals surface area contributed by atoms with Crippen LogP contribution in [0, 0.1) is 0 Å². The normalized spacial score (nSPS) is 32.7. The van der Waals surface area contributed by atoms with Crippen LogP contribution in [0.15, 0.2) is 12.5 Å². The number of nitrogens with zero attached hydrogens (tertiary/aromatic N) is 4. The number of nitrogens with one attached hydrogen (secondary N) is 1. The van der Waals surface area contributed by atoms with Gasteiger partial charge in [-0.05, 0) is 6.92 Å². The number of aliphatic hydroxyl groups excluding tert-OH is 2. The highest BCUT2D eigenvalue weighted by Crippen LogP contribution is 2.39. The van der Waals surface area contributed by atoms with Crippen molar-refractivity contribution >= 4 is 16.9 Å². The van der Waals surface area contributed by atoms with Gasteiger partial charge in [-0.15, -0.1) is 0 Å². The Hall–Kier alpha value is -1.85. The molecule has 2 aromatic rings. The van der Waals surface area contributed by atoms with Crippen molar-refractivity contribution in [3.8, 4) is 0 Å². The van der Waals surface area contributed by atoms with E-state index in [1.54, 1.807) is 0 Å². The Bertz CT molecular complexity index is 659. The largest absolute Gasteiger partial charge is 0.394 e. The third kappa shape index (κ3) is 1.96. The maximum absolute atomic E-state index is 10.4. The van der Waals surface area contributed by atoms with Crippen molar-refractivity contribution in [1.29, 1.82) is 0 Å². The van der Waals surface area contributed by atoms with E-state index in [0.717, 1.165) is 0 Å². The van der Waals surface area contributed by atoms with Crippen molar-refractivity contribution in [2.75, 3.05) is 12.1 Å². The molecular weight excluding hydrogens is 282 g/mol. The van der Waals surface area contributed by atoms with Gasteiger partial charge in [0, 0.05) is 0 Å². The number of rotatable bonds is 3. The first-order valence-corrected chi connectivity index (χ1v) is 6.25. The van der Waals surface area contributed by atoms with Crippen molar-refractivity contribution in [1.82, 2.24) is 19.7 Å². The molecule has 0 aromatic carbocycles. The maximum atomic E-state index is 10.4. The van der Waals surface area contributed by atoms with Gasteiger partial charge >= 0.3 is 0 Å². The first kappa shape index (κ1) is 14.1. The molecule has 1 aliphatic heterocycles. The first-order chi connectivity index (χ1) is 10.0. The quantitative estimate of drug-likeness (QED) is 0.433. The number of fused-ring (bicyclic) bond motifs is 1. The third-order valence-corrected chi connectivity index (χ3v) is 3.65. The molecule has 3 rings (SSSR count). The fourth-order valence-corrected chi connectivity index (χ4v) is 2.47. The predicted molar refractivity (Wildman–Crippen MR) is 68.4 cm³/mol. The third-order valence-electron chi connectivity index (χ3n) is 3.65. The van der Waals surface area contributed by atoms with Crippen LogP contribution >= 0.6 is 0 Å². The Balaban J connectivity index is 2.09. The molecule has 21 heavy (non-hydrogen) atoms. The summed E-state index contributed by atoms with van der Waals surface area (Å²) in [7, 11) is 0. The van der Waals surface area contributed by atoms with E-state index in [-0.39, 0.29) is 5.82 Å². The van der Waals surface area contributed by atoms with Crippen molar-refractivity contribution < 1.29 is 25.3 Å². The maximum Gasteiger partial charge on any atom is 0.183 e. The molecule has 0 aliphatic carbocycles. The lowest BCUT2D eigenvalue weighted by Crippen LogP contribution is -2.44. The minimum absolute atomic E-state index is 0.156. The predicted octanol–water partition coefficient (Wildman–Crippen LogP) is -1.37. The average molecular weight is 297 g/mol. The summed E-state index contributed by atoms with van der Waals surface area (Å²) in [4.78, 5) is 7.87. The fraction of sp³-hybridized carbons (Fsp3) is 0.545. The molecule has 3 heterocycles. The van der Waals surface area contributed by atoms with Crippen LogP contribution < -0.4 is 5.48 Å². The monoisotopic (exact) mass is 297 g/mol. The Labute approximate surface area is 118 Å². The first-order valence-electron chi connectivity index (χ1n) is 6.25. The Morgan fingerprint density at radius 2 is 2.24 bits per heavy atom. The zero-order valence-electron chi connectivity index (χ0n) is 11.1. The molecule has 0 bridgehead atoms. The van der Waals surface area contributed by atoms with Crippen LogP contribution in [-0.4, -0.2) is 64.7 Å². The molecular formula is C11H15N5O5. The van der Waals surface area contributed by atoms with E-state index in [0.29, 0.717) is 11.0 Å². The highest BCUT2D eigenvalue weighted by atomic mass is 16.6. The Morgan fingerprint density at radius 3 is 2.86 bits per heavy atom. The number of anilines is 1. The molecule has 5 N–H and O–H groups in total. The highest BCUT2D eigenvalue weighted by molar-refractivity contribution is 5.85. The van der Waals surface area contributed by atoms with Gasteiger partial charge in [-0.1, -0.05) is 0 Å². The van der Waals surface area contributed by atoms with E-state index >= 15 is 0 Å². The SMILES string of the molecule is CC1(O)C(O)C(CO)OC1n1ncc2c(NO)ncnc21. The summed E-state index contributed by atoms with van der Waals surface area (Å²) >= 11 is 0. The zero-order valence-corrected chi connectivity index (χ0v) is 11.1. The van der Waals surface area contributed by atoms with E-state index in [1.165, 1.54) is 24.1 Å². The molecule has 0 saturated carbocycles. The number of hydrogen-bond acceptors (Lipinski definition) is 9. The van der Waals surface area contributed by atoms with Gasteiger partial charge in [-0.2, -0.15) is 5.10 Å². The Kier molecular flexibility index (Phi) is 3.26. The van der Waals surface area contributed by atoms with Gasteiger partial charge in [-0.25, -0.2) is 14.6 Å². The van der Waals surface area contributed by atoms with Gasteiger partial charge in [0.1, 0.15) is 24.1 Å². The minimum Gasteiger partial charge on any atom is -0.394 e. The van der Waals surface area contributed by atoms with Crippen molar-refractivity contribution in [3.05, 3.63) is 12.5 Å². The fourth-order valence-electron chi connectivity index (χ4n) is 2.47. The standard InChI is InChI=1S/C11H15N5O5/c1-11(19)7(18)6(3-17)21-10(11)16-9-5(2-14-16)8(15-20)12-4-13-9/h2,4,6-7,10,17-20H,3H2,1H3,(H,12,13,15). The summed E-state index contributed by atoms with van der Waals surface area (Å²) in [6.45, 7) is 0.948. The molecule has 10 nitrogen and oxygen atoms in total. The molecule has 0 spiro atoms. The second kappa shape index (κ2) is 4.86. The summed E-state index contributed by atoms with van der Waals surface area (Å²) in [5.74, 6) is 0.156. The van der Waals surface area contributed by atoms with Crippen LogP contribution in [0.5, 0.6) is 0 Å². The molecule has 0 radical (unpaired) electrons. The molecule has 2 aromatic heterocycles. The summed E-state index contributed by atoms with van der Waals surface area (Å²) in [5.41, 5.74) is 0.567. The van der Waals surface area contributed by atoms with Crippen LogP contribution in [0.2, 0.25) is 0 Å². The topological polar surface area (TPSA) is 146 Å². The van der Waals surface area contributed by atoms with Gasteiger partial charge in [0.05, 0.1) is 18.2 Å². The number of aromatic nitrogens is 4. The van der Waals surface area contributed by atoms with Crippen LogP contribution in [0.1, 0.15) is 13.2 Å². The van der Waals surface area contributed by atoms with E-state index in [2.05, 4.69) is 15.1 Å². The molecule has 114 valence electrons. The van der Waals surface area contributed by atoms with Crippen LogP contribution in [-0.2, 0) is 4.74 Å². The van der Waals surface area contributed by atoms with Crippen LogP contribution in [0.25, 0.3) is 11.0 Å². The van der Waals surface area contributed by atoms with E-state index < -0.39 is 30.6 Å². The Morgan fingerprint density at radius 1 is 1.48 bits per heavy atom. The summed E-state index contributed by atoms with van der Waals surface area (Å²) in [5, 5.41) is 43.1. The molecule has 4 unspecified atom stereocenters. The second-order valence-corrected chi connectivity index (χ2v) is 5.04. The zero-order chi connectivity index (χ0) is 15.2. The highest BCUT2D eigenvalue weighted by Gasteiger charge is 2.53. The minimum atomic E-state index is -1.66. The molecule has 4 atom stereocenters. The summed E-state index contributed by atoms with van der Waals surface area (Å²) in [6.07, 6.45) is -0.636. The number of aliphatic hydroxyl groups is 3. The smallest absolute Gasteiger partial charge is 0.183 e. The van der Waals surface area contributed by atoms with Crippen LogP contribution in [0.3, 0.4) is 0 Å². The molecule has 1 fully saturated rings. The average Bonchev–Trinajstić information content (AvgIpc) is 2.99.